The lowest BCUT2D eigenvalue weighted by Crippen LogP contribution is -2.52. The maximum Gasteiger partial charge on any atom is 0.120 e. The molecule has 0 amide bonds. The molecule has 0 unspecified atom stereocenters. The lowest BCUT2D eigenvalue weighted by molar-refractivity contribution is 0.0609. The minimum Gasteiger partial charge on any atom is -0.348 e. The minimum atomic E-state index is 0.821. The van der Waals surface area contributed by atoms with E-state index in [1.807, 2.05) is 12.4 Å². The van der Waals surface area contributed by atoms with Crippen molar-refractivity contribution < 1.29 is 0 Å². The van der Waals surface area contributed by atoms with Gasteiger partial charge in [0, 0.05) is 44.6 Å². The number of piperidine rings is 1. The molecule has 0 radical (unpaired) electrons. The number of hydrogen-bond donors (Lipinski definition) is 1. The first-order chi connectivity index (χ1) is 9.31. The molecule has 1 aromatic rings. The number of hydrogen-bond acceptors (Lipinski definition) is 4. The number of aromatic nitrogens is 2. The summed E-state index contributed by atoms with van der Waals surface area (Å²) in [6.07, 6.45) is 6.43. The van der Waals surface area contributed by atoms with Gasteiger partial charge in [-0.15, -0.1) is 0 Å². The summed E-state index contributed by atoms with van der Waals surface area (Å²) in [4.78, 5) is 15.2. The van der Waals surface area contributed by atoms with E-state index in [-0.39, 0.29) is 0 Å². The largest absolute Gasteiger partial charge is 0.348 e. The van der Waals surface area contributed by atoms with Crippen LogP contribution in [0.5, 0.6) is 0 Å². The number of piperazine rings is 1. The van der Waals surface area contributed by atoms with Gasteiger partial charge in [-0.1, -0.05) is 0 Å². The molecule has 0 aliphatic carbocycles. The number of H-pyrrole nitrogens is 1. The van der Waals surface area contributed by atoms with Crippen molar-refractivity contribution in [3.63, 3.8) is 0 Å². The normalized spacial score (nSPS) is 24.9. The molecule has 19 heavy (non-hydrogen) atoms. The molecule has 0 bridgehead atoms. The number of aromatic amines is 1. The molecule has 3 rings (SSSR count). The fourth-order valence-electron chi connectivity index (χ4n) is 3.24. The summed E-state index contributed by atoms with van der Waals surface area (Å²) < 4.78 is 0. The number of imidazole rings is 1. The van der Waals surface area contributed by atoms with E-state index in [0.717, 1.165) is 18.4 Å². The van der Waals surface area contributed by atoms with E-state index in [0.29, 0.717) is 0 Å². The standard InChI is InChI=1S/C14H25N5/c1-17-6-2-13(3-7-17)19-10-8-18(9-11-19)12-14-15-4-5-16-14/h4-5,13H,2-3,6-12H2,1H3,(H,15,16). The van der Waals surface area contributed by atoms with Crippen LogP contribution in [0.4, 0.5) is 0 Å². The Bertz CT molecular complexity index is 361. The van der Waals surface area contributed by atoms with Crippen LogP contribution < -0.4 is 0 Å². The van der Waals surface area contributed by atoms with Crippen molar-refractivity contribution in [2.24, 2.45) is 0 Å². The molecule has 2 aliphatic rings. The highest BCUT2D eigenvalue weighted by molar-refractivity contribution is 4.89. The van der Waals surface area contributed by atoms with Crippen molar-refractivity contribution in [1.82, 2.24) is 24.7 Å². The molecule has 3 heterocycles. The summed E-state index contributed by atoms with van der Waals surface area (Å²) in [5.41, 5.74) is 0. The molecule has 2 aliphatic heterocycles. The van der Waals surface area contributed by atoms with E-state index in [2.05, 4.69) is 31.7 Å². The van der Waals surface area contributed by atoms with Crippen LogP contribution in [0.1, 0.15) is 18.7 Å². The third-order valence-electron chi connectivity index (χ3n) is 4.54. The third kappa shape index (κ3) is 3.35. The van der Waals surface area contributed by atoms with Gasteiger partial charge in [-0.2, -0.15) is 0 Å². The van der Waals surface area contributed by atoms with Crippen LogP contribution in [0.2, 0.25) is 0 Å². The Balaban J connectivity index is 1.44. The zero-order valence-corrected chi connectivity index (χ0v) is 11.9. The second-order valence-electron chi connectivity index (χ2n) is 5.88. The Hall–Kier alpha value is -0.910. The molecule has 0 spiro atoms. The van der Waals surface area contributed by atoms with Crippen LogP contribution >= 0.6 is 0 Å². The van der Waals surface area contributed by atoms with E-state index < -0.39 is 0 Å². The van der Waals surface area contributed by atoms with Crippen LogP contribution in [-0.2, 0) is 6.54 Å². The van der Waals surface area contributed by atoms with Crippen molar-refractivity contribution in [3.05, 3.63) is 18.2 Å². The van der Waals surface area contributed by atoms with Gasteiger partial charge in [0.2, 0.25) is 0 Å². The van der Waals surface area contributed by atoms with Gasteiger partial charge in [-0.25, -0.2) is 4.98 Å². The number of rotatable bonds is 3. The number of nitrogens with zero attached hydrogens (tertiary/aromatic N) is 4. The average molecular weight is 263 g/mol. The maximum absolute atomic E-state index is 4.31. The Labute approximate surface area is 115 Å². The zero-order valence-electron chi connectivity index (χ0n) is 11.9. The Kier molecular flexibility index (Phi) is 4.15. The SMILES string of the molecule is CN1CCC(N2CCN(Cc3ncc[nH]3)CC2)CC1. The number of likely N-dealkylation sites (tertiary alicyclic amines) is 1. The van der Waals surface area contributed by atoms with Gasteiger partial charge in [-0.05, 0) is 33.0 Å². The molecule has 5 heteroatoms. The van der Waals surface area contributed by atoms with E-state index in [9.17, 15) is 0 Å². The van der Waals surface area contributed by atoms with Gasteiger partial charge >= 0.3 is 0 Å². The van der Waals surface area contributed by atoms with E-state index in [1.54, 1.807) is 0 Å². The van der Waals surface area contributed by atoms with Gasteiger partial charge < -0.3 is 9.88 Å². The monoisotopic (exact) mass is 263 g/mol. The fourth-order valence-corrected chi connectivity index (χ4v) is 3.24. The smallest absolute Gasteiger partial charge is 0.120 e. The molecule has 0 aromatic carbocycles. The number of nitrogens with one attached hydrogen (secondary N) is 1. The molecular formula is C14H25N5. The summed E-state index contributed by atoms with van der Waals surface area (Å²) >= 11 is 0. The molecule has 106 valence electrons. The highest BCUT2D eigenvalue weighted by atomic mass is 15.3. The highest BCUT2D eigenvalue weighted by Gasteiger charge is 2.26. The van der Waals surface area contributed by atoms with Crippen molar-refractivity contribution in [2.45, 2.75) is 25.4 Å². The predicted molar refractivity (Wildman–Crippen MR) is 76.0 cm³/mol. The molecule has 0 saturated carbocycles. The van der Waals surface area contributed by atoms with Gasteiger partial charge in [0.25, 0.3) is 0 Å². The first-order valence-electron chi connectivity index (χ1n) is 7.44. The van der Waals surface area contributed by atoms with Crippen LogP contribution in [0.15, 0.2) is 12.4 Å². The summed E-state index contributed by atoms with van der Waals surface area (Å²) in [7, 11) is 2.23. The van der Waals surface area contributed by atoms with Gasteiger partial charge in [0.1, 0.15) is 5.82 Å². The molecule has 5 nitrogen and oxygen atoms in total. The average Bonchev–Trinajstić information content (AvgIpc) is 2.94. The van der Waals surface area contributed by atoms with E-state index in [1.165, 1.54) is 52.1 Å². The predicted octanol–water partition coefficient (Wildman–Crippen LogP) is 0.622. The molecule has 0 atom stereocenters. The topological polar surface area (TPSA) is 38.4 Å². The summed E-state index contributed by atoms with van der Waals surface area (Å²) in [6.45, 7) is 8.27. The first kappa shape index (κ1) is 13.1. The van der Waals surface area contributed by atoms with Crippen molar-refractivity contribution in [1.29, 1.82) is 0 Å². The molecule has 2 saturated heterocycles. The molecule has 1 N–H and O–H groups in total. The van der Waals surface area contributed by atoms with E-state index >= 15 is 0 Å². The lowest BCUT2D eigenvalue weighted by Gasteiger charge is -2.42. The zero-order chi connectivity index (χ0) is 13.1. The summed E-state index contributed by atoms with van der Waals surface area (Å²) in [6, 6.07) is 0.821. The van der Waals surface area contributed by atoms with Gasteiger partial charge in [0.05, 0.1) is 6.54 Å². The second kappa shape index (κ2) is 6.03. The van der Waals surface area contributed by atoms with Crippen LogP contribution in [0, 0.1) is 0 Å². The highest BCUT2D eigenvalue weighted by Crippen LogP contribution is 2.17. The Morgan fingerprint density at radius 2 is 1.89 bits per heavy atom. The van der Waals surface area contributed by atoms with Crippen LogP contribution in [0.3, 0.4) is 0 Å². The Morgan fingerprint density at radius 1 is 1.16 bits per heavy atom. The third-order valence-corrected chi connectivity index (χ3v) is 4.54. The Morgan fingerprint density at radius 3 is 2.53 bits per heavy atom. The van der Waals surface area contributed by atoms with Crippen LogP contribution in [-0.4, -0.2) is 77.0 Å². The van der Waals surface area contributed by atoms with Crippen molar-refractivity contribution in [2.75, 3.05) is 46.3 Å². The van der Waals surface area contributed by atoms with Crippen molar-refractivity contribution >= 4 is 0 Å². The van der Waals surface area contributed by atoms with Crippen molar-refractivity contribution in [3.8, 4) is 0 Å². The fraction of sp³-hybridized carbons (Fsp3) is 0.786. The first-order valence-corrected chi connectivity index (χ1v) is 7.44. The van der Waals surface area contributed by atoms with Gasteiger partial charge in [-0.3, -0.25) is 9.80 Å². The summed E-state index contributed by atoms with van der Waals surface area (Å²) in [5, 5.41) is 0. The maximum atomic E-state index is 4.31. The molecule has 1 aromatic heterocycles. The van der Waals surface area contributed by atoms with Crippen LogP contribution in [0.25, 0.3) is 0 Å². The quantitative estimate of drug-likeness (QED) is 0.868. The molecule has 2 fully saturated rings. The van der Waals surface area contributed by atoms with Gasteiger partial charge in [0.15, 0.2) is 0 Å². The van der Waals surface area contributed by atoms with E-state index in [4.69, 9.17) is 0 Å². The minimum absolute atomic E-state index is 0.821. The molecular weight excluding hydrogens is 238 g/mol. The summed E-state index contributed by atoms with van der Waals surface area (Å²) in [5.74, 6) is 1.09. The lowest BCUT2D eigenvalue weighted by atomic mass is 10.0. The second-order valence-corrected chi connectivity index (χ2v) is 5.88.